The number of ether oxygens (including phenoxy) is 5. The normalized spacial score (nSPS) is 27.9. The van der Waals surface area contributed by atoms with Crippen LogP contribution in [-0.4, -0.2) is 130 Å². The van der Waals surface area contributed by atoms with Crippen molar-refractivity contribution in [3.05, 3.63) is 36.4 Å². The van der Waals surface area contributed by atoms with E-state index in [1.807, 2.05) is 24.3 Å². The molecule has 57 heavy (non-hydrogen) atoms. The Morgan fingerprint density at radius 1 is 1.04 bits per heavy atom. The van der Waals surface area contributed by atoms with Crippen LogP contribution < -0.4 is 29.7 Å². The molecule has 1 aromatic heterocycles. The van der Waals surface area contributed by atoms with E-state index < -0.39 is 74.3 Å². The summed E-state index contributed by atoms with van der Waals surface area (Å²) in [4.78, 5) is 64.2. The number of hydrogen-bond acceptors (Lipinski definition) is 13. The second-order valence-electron chi connectivity index (χ2n) is 16.2. The number of rotatable bonds is 8. The molecule has 1 aromatic carbocycles. The van der Waals surface area contributed by atoms with Gasteiger partial charge in [-0.05, 0) is 76.1 Å². The number of benzene rings is 1. The molecule has 2 aromatic rings. The fourth-order valence-corrected chi connectivity index (χ4v) is 8.85. The molecule has 7 rings (SSSR count). The van der Waals surface area contributed by atoms with Gasteiger partial charge in [-0.3, -0.25) is 19.1 Å². The maximum absolute atomic E-state index is 14.6. The summed E-state index contributed by atoms with van der Waals surface area (Å²) in [5, 5.41) is 6.40. The first-order valence-electron chi connectivity index (χ1n) is 19.6. The van der Waals surface area contributed by atoms with Crippen molar-refractivity contribution in [2.24, 2.45) is 5.92 Å². The van der Waals surface area contributed by atoms with Crippen molar-refractivity contribution < 1.29 is 51.3 Å². The molecule has 5 atom stereocenters. The summed E-state index contributed by atoms with van der Waals surface area (Å²) in [6, 6.07) is 5.16. The van der Waals surface area contributed by atoms with Crippen molar-refractivity contribution in [1.29, 1.82) is 0 Å². The van der Waals surface area contributed by atoms with E-state index in [1.54, 1.807) is 40.0 Å². The molecule has 2 aliphatic carbocycles. The van der Waals surface area contributed by atoms with Gasteiger partial charge in [-0.2, -0.15) is 4.98 Å². The molecule has 3 N–H and O–H groups in total. The van der Waals surface area contributed by atoms with Gasteiger partial charge in [0.25, 0.3) is 5.91 Å². The molecular weight excluding hydrogens is 761 g/mol. The first-order chi connectivity index (χ1) is 27.2. The zero-order valence-electron chi connectivity index (χ0n) is 32.8. The first-order valence-corrected chi connectivity index (χ1v) is 21.1. The number of aromatic nitrogens is 1. The van der Waals surface area contributed by atoms with Crippen molar-refractivity contribution in [3.8, 4) is 11.6 Å². The fraction of sp³-hybridized carbons (Fsp3) is 0.615. The Kier molecular flexibility index (Phi) is 11.6. The van der Waals surface area contributed by atoms with Gasteiger partial charge in [-0.15, -0.1) is 0 Å². The van der Waals surface area contributed by atoms with Crippen LogP contribution in [0.25, 0.3) is 10.8 Å². The molecule has 2 saturated carbocycles. The Bertz CT molecular complexity index is 2010. The van der Waals surface area contributed by atoms with Gasteiger partial charge in [0, 0.05) is 43.8 Å². The highest BCUT2D eigenvalue weighted by Gasteiger charge is 2.62. The number of fused-ring (bicyclic) bond motifs is 3. The number of pyridine rings is 1. The van der Waals surface area contributed by atoms with Gasteiger partial charge in [-0.1, -0.05) is 12.2 Å². The number of morpholine rings is 1. The predicted molar refractivity (Wildman–Crippen MR) is 207 cm³/mol. The third-order valence-corrected chi connectivity index (χ3v) is 12.6. The van der Waals surface area contributed by atoms with Crippen molar-refractivity contribution in [1.82, 2.24) is 25.2 Å². The monoisotopic (exact) mass is 812 g/mol. The third kappa shape index (κ3) is 9.39. The smallest absolute Gasteiger partial charge is 0.408 e. The van der Waals surface area contributed by atoms with E-state index in [0.29, 0.717) is 68.4 Å². The van der Waals surface area contributed by atoms with E-state index >= 15 is 0 Å². The van der Waals surface area contributed by atoms with Gasteiger partial charge in [-0.25, -0.2) is 13.2 Å². The van der Waals surface area contributed by atoms with Crippen LogP contribution in [0.3, 0.4) is 0 Å². The number of nitrogens with one attached hydrogen (secondary N) is 3. The summed E-state index contributed by atoms with van der Waals surface area (Å²) >= 11 is 0. The van der Waals surface area contributed by atoms with Gasteiger partial charge in [0.1, 0.15) is 40.9 Å². The summed E-state index contributed by atoms with van der Waals surface area (Å²) in [6.07, 6.45) is 3.69. The summed E-state index contributed by atoms with van der Waals surface area (Å²) in [7, 11) is -2.34. The molecule has 0 bridgehead atoms. The van der Waals surface area contributed by atoms with Gasteiger partial charge in [0.05, 0.1) is 38.7 Å². The van der Waals surface area contributed by atoms with Gasteiger partial charge >= 0.3 is 6.09 Å². The van der Waals surface area contributed by atoms with Crippen LogP contribution in [-0.2, 0) is 38.6 Å². The number of nitrogens with zero attached hydrogens (tertiary/aromatic N) is 3. The molecule has 0 radical (unpaired) electrons. The van der Waals surface area contributed by atoms with E-state index in [1.165, 1.54) is 4.90 Å². The van der Waals surface area contributed by atoms with Gasteiger partial charge < -0.3 is 44.1 Å². The quantitative estimate of drug-likeness (QED) is 0.328. The topological polar surface area (TPSA) is 204 Å². The number of hydrogen-bond donors (Lipinski definition) is 3. The Balaban J connectivity index is 1.21. The van der Waals surface area contributed by atoms with E-state index in [0.717, 1.165) is 5.39 Å². The SMILES string of the molecule is COc1ccc2c(OC3C[C@H]4C(=O)N[C@]5(C(=O)NS(=O)(=O)C6CC6)CC5/C=C\CCOCC[C@H](NC(=O)OC(C)(C)C)C(=O)N4C3)nc(N3CCOCC3)cc2c1. The molecule has 4 heterocycles. The van der Waals surface area contributed by atoms with Crippen LogP contribution in [0.2, 0.25) is 0 Å². The molecule has 17 nitrogen and oxygen atoms in total. The highest BCUT2D eigenvalue weighted by Crippen LogP contribution is 2.46. The lowest BCUT2D eigenvalue weighted by atomic mass is 10.1. The van der Waals surface area contributed by atoms with Crippen LogP contribution in [0.5, 0.6) is 11.6 Å². The van der Waals surface area contributed by atoms with Crippen molar-refractivity contribution >= 4 is 50.4 Å². The maximum atomic E-state index is 14.6. The van der Waals surface area contributed by atoms with E-state index in [9.17, 15) is 27.6 Å². The molecular formula is C39H52N6O11S. The zero-order valence-corrected chi connectivity index (χ0v) is 33.6. The summed E-state index contributed by atoms with van der Waals surface area (Å²) in [5.74, 6) is -0.938. The Hall–Kier alpha value is -4.68. The molecule has 3 aliphatic heterocycles. The van der Waals surface area contributed by atoms with E-state index in [-0.39, 0.29) is 39.0 Å². The summed E-state index contributed by atoms with van der Waals surface area (Å²) in [5.41, 5.74) is -2.40. The van der Waals surface area contributed by atoms with Crippen LogP contribution in [0.15, 0.2) is 36.4 Å². The molecule has 2 unspecified atom stereocenters. The van der Waals surface area contributed by atoms with Crippen LogP contribution in [0.1, 0.15) is 59.3 Å². The molecule has 0 spiro atoms. The summed E-state index contributed by atoms with van der Waals surface area (Å²) in [6.45, 7) is 7.79. The second-order valence-corrected chi connectivity index (χ2v) is 18.2. The van der Waals surface area contributed by atoms with Crippen molar-refractivity contribution in [2.45, 2.75) is 93.9 Å². The number of carbonyl (C=O) groups is 4. The Labute approximate surface area is 332 Å². The van der Waals surface area contributed by atoms with Crippen LogP contribution in [0.4, 0.5) is 10.6 Å². The van der Waals surface area contributed by atoms with Gasteiger partial charge in [0.15, 0.2) is 0 Å². The molecule has 5 aliphatic rings. The molecule has 4 amide bonds. The summed E-state index contributed by atoms with van der Waals surface area (Å²) < 4.78 is 57.0. The maximum Gasteiger partial charge on any atom is 0.408 e. The fourth-order valence-electron chi connectivity index (χ4n) is 7.48. The lowest BCUT2D eigenvalue weighted by Crippen LogP contribution is -2.58. The number of methoxy groups -OCH3 is 1. The average Bonchev–Trinajstić information content (AvgIpc) is 4.09. The number of anilines is 1. The van der Waals surface area contributed by atoms with Crippen molar-refractivity contribution in [3.63, 3.8) is 0 Å². The highest BCUT2D eigenvalue weighted by atomic mass is 32.2. The minimum absolute atomic E-state index is 0.00686. The number of carbonyl (C=O) groups excluding carboxylic acids is 4. The average molecular weight is 813 g/mol. The van der Waals surface area contributed by atoms with Crippen LogP contribution in [0, 0.1) is 5.92 Å². The number of sulfonamides is 1. The number of amides is 4. The standard InChI is InChI=1S/C39H52N6O11S/c1-38(2,3)56-37(49)40-30-12-16-53-15-6-5-7-25-22-39(25,36(48)43-57(50,51)28-9-10-28)42-33(46)31-21-27(23-45(31)35(30)47)55-34-29-11-8-26(52-4)19-24(29)20-32(41-34)44-13-17-54-18-14-44/h5,7-8,11,19-20,25,27-28,30-31H,6,9-10,12-18,21-23H2,1-4H3,(H,40,49)(H,42,46)(H,43,48)/b7-5-/t25?,27?,30-,31-,39+/m0/s1. The lowest BCUT2D eigenvalue weighted by molar-refractivity contribution is -0.141. The lowest BCUT2D eigenvalue weighted by Gasteiger charge is -2.30. The molecule has 18 heteroatoms. The van der Waals surface area contributed by atoms with Gasteiger partial charge in [0.2, 0.25) is 27.7 Å². The molecule has 310 valence electrons. The second kappa shape index (κ2) is 16.3. The minimum atomic E-state index is -3.92. The molecule has 4 fully saturated rings. The van der Waals surface area contributed by atoms with Crippen LogP contribution >= 0.6 is 0 Å². The largest absolute Gasteiger partial charge is 0.497 e. The Morgan fingerprint density at radius 3 is 2.51 bits per heavy atom. The number of alkyl carbamates (subject to hydrolysis) is 1. The first kappa shape index (κ1) is 40.5. The van der Waals surface area contributed by atoms with E-state index in [4.69, 9.17) is 28.7 Å². The highest BCUT2D eigenvalue weighted by molar-refractivity contribution is 7.91. The van der Waals surface area contributed by atoms with E-state index in [2.05, 4.69) is 20.3 Å². The third-order valence-electron chi connectivity index (χ3n) is 10.8. The Morgan fingerprint density at radius 2 is 1.79 bits per heavy atom. The molecule has 2 saturated heterocycles. The van der Waals surface area contributed by atoms with Crippen molar-refractivity contribution in [2.75, 3.05) is 58.1 Å². The zero-order chi connectivity index (χ0) is 40.5. The minimum Gasteiger partial charge on any atom is -0.497 e. The predicted octanol–water partition coefficient (Wildman–Crippen LogP) is 2.17.